The fourth-order valence-corrected chi connectivity index (χ4v) is 1.25. The summed E-state index contributed by atoms with van der Waals surface area (Å²) in [5, 5.41) is 8.56. The summed E-state index contributed by atoms with van der Waals surface area (Å²) in [7, 11) is 0. The van der Waals surface area contributed by atoms with Crippen molar-refractivity contribution in [3.8, 4) is 0 Å². The summed E-state index contributed by atoms with van der Waals surface area (Å²) in [5.41, 5.74) is 1.15. The molecule has 0 radical (unpaired) electrons. The Bertz CT molecular complexity index is 271. The molecule has 0 bridgehead atoms. The van der Waals surface area contributed by atoms with Gasteiger partial charge in [0.1, 0.15) is 0 Å². The minimum atomic E-state index is -0.932. The molecule has 3 nitrogen and oxygen atoms in total. The molecule has 0 spiro atoms. The number of thioether (sulfide) groups is 1. The molecule has 0 aliphatic heterocycles. The smallest absolute Gasteiger partial charge is 0.337 e. The summed E-state index contributed by atoms with van der Waals surface area (Å²) in [6.07, 6.45) is 3.36. The molecule has 1 heterocycles. The SMILES string of the molecule is CSCc1ccc(C(=O)O)cn1. The van der Waals surface area contributed by atoms with Gasteiger partial charge in [-0.1, -0.05) is 0 Å². The molecule has 0 unspecified atom stereocenters. The number of carbonyl (C=O) groups is 1. The monoisotopic (exact) mass is 183 g/mol. The molecular formula is C8H9NO2S. The second-order valence-corrected chi connectivity index (χ2v) is 3.14. The first-order chi connectivity index (χ1) is 5.74. The number of rotatable bonds is 3. The number of aromatic carboxylic acids is 1. The standard InChI is InChI=1S/C8H9NO2S/c1-12-5-7-3-2-6(4-9-7)8(10)11/h2-4H,5H2,1H3,(H,10,11). The van der Waals surface area contributed by atoms with Crippen LogP contribution in [0.2, 0.25) is 0 Å². The maximum atomic E-state index is 10.4. The lowest BCUT2D eigenvalue weighted by Gasteiger charge is -1.97. The second-order valence-electron chi connectivity index (χ2n) is 2.28. The van der Waals surface area contributed by atoms with Crippen molar-refractivity contribution < 1.29 is 9.90 Å². The van der Waals surface area contributed by atoms with Crippen molar-refractivity contribution in [2.45, 2.75) is 5.75 Å². The number of aromatic nitrogens is 1. The van der Waals surface area contributed by atoms with Gasteiger partial charge in [-0.2, -0.15) is 11.8 Å². The van der Waals surface area contributed by atoms with Gasteiger partial charge in [-0.3, -0.25) is 4.98 Å². The van der Waals surface area contributed by atoms with E-state index in [0.717, 1.165) is 11.4 Å². The summed E-state index contributed by atoms with van der Waals surface area (Å²) in [4.78, 5) is 14.4. The van der Waals surface area contributed by atoms with Crippen molar-refractivity contribution in [1.29, 1.82) is 0 Å². The fraction of sp³-hybridized carbons (Fsp3) is 0.250. The molecule has 0 aromatic carbocycles. The largest absolute Gasteiger partial charge is 0.478 e. The highest BCUT2D eigenvalue weighted by molar-refractivity contribution is 7.97. The maximum absolute atomic E-state index is 10.4. The van der Waals surface area contributed by atoms with Gasteiger partial charge in [-0.25, -0.2) is 4.79 Å². The number of carboxylic acid groups (broad SMARTS) is 1. The second kappa shape index (κ2) is 4.11. The third-order valence-electron chi connectivity index (χ3n) is 1.36. The highest BCUT2D eigenvalue weighted by atomic mass is 32.2. The van der Waals surface area contributed by atoms with E-state index in [2.05, 4.69) is 4.98 Å². The Kier molecular flexibility index (Phi) is 3.10. The maximum Gasteiger partial charge on any atom is 0.337 e. The van der Waals surface area contributed by atoms with E-state index in [1.165, 1.54) is 6.20 Å². The van der Waals surface area contributed by atoms with E-state index in [1.807, 2.05) is 6.26 Å². The van der Waals surface area contributed by atoms with E-state index in [4.69, 9.17) is 5.11 Å². The lowest BCUT2D eigenvalue weighted by Crippen LogP contribution is -1.97. The molecule has 0 saturated heterocycles. The predicted molar refractivity (Wildman–Crippen MR) is 48.4 cm³/mol. The minimum absolute atomic E-state index is 0.236. The molecule has 0 fully saturated rings. The Balaban J connectivity index is 2.78. The van der Waals surface area contributed by atoms with Crippen molar-refractivity contribution in [3.63, 3.8) is 0 Å². The molecule has 12 heavy (non-hydrogen) atoms. The molecule has 0 amide bonds. The molecule has 1 N–H and O–H groups in total. The van der Waals surface area contributed by atoms with Crippen molar-refractivity contribution in [2.75, 3.05) is 6.26 Å². The Morgan fingerprint density at radius 1 is 1.67 bits per heavy atom. The zero-order chi connectivity index (χ0) is 8.97. The van der Waals surface area contributed by atoms with Crippen molar-refractivity contribution in [1.82, 2.24) is 4.98 Å². The molecular weight excluding hydrogens is 174 g/mol. The summed E-state index contributed by atoms with van der Waals surface area (Å²) < 4.78 is 0. The molecule has 0 aliphatic rings. The molecule has 4 heteroatoms. The van der Waals surface area contributed by atoms with Gasteiger partial charge in [0, 0.05) is 11.9 Å². The van der Waals surface area contributed by atoms with E-state index in [-0.39, 0.29) is 5.56 Å². The van der Waals surface area contributed by atoms with Crippen LogP contribution >= 0.6 is 11.8 Å². The number of hydrogen-bond acceptors (Lipinski definition) is 3. The van der Waals surface area contributed by atoms with Crippen molar-refractivity contribution in [3.05, 3.63) is 29.6 Å². The lowest BCUT2D eigenvalue weighted by atomic mass is 10.2. The Morgan fingerprint density at radius 3 is 2.83 bits per heavy atom. The number of nitrogens with zero attached hydrogens (tertiary/aromatic N) is 1. The van der Waals surface area contributed by atoms with Gasteiger partial charge in [0.05, 0.1) is 11.3 Å². The van der Waals surface area contributed by atoms with E-state index >= 15 is 0 Å². The summed E-state index contributed by atoms with van der Waals surface area (Å²) in [6.45, 7) is 0. The van der Waals surface area contributed by atoms with Crippen LogP contribution in [0.15, 0.2) is 18.3 Å². The number of pyridine rings is 1. The molecule has 1 aromatic heterocycles. The predicted octanol–water partition coefficient (Wildman–Crippen LogP) is 1.64. The van der Waals surface area contributed by atoms with Gasteiger partial charge in [0.2, 0.25) is 0 Å². The van der Waals surface area contributed by atoms with Gasteiger partial charge >= 0.3 is 5.97 Å². The number of hydrogen-bond donors (Lipinski definition) is 1. The van der Waals surface area contributed by atoms with Crippen LogP contribution in [0, 0.1) is 0 Å². The van der Waals surface area contributed by atoms with E-state index in [1.54, 1.807) is 23.9 Å². The molecule has 0 atom stereocenters. The lowest BCUT2D eigenvalue weighted by molar-refractivity contribution is 0.0696. The first-order valence-electron chi connectivity index (χ1n) is 3.41. The zero-order valence-electron chi connectivity index (χ0n) is 6.65. The topological polar surface area (TPSA) is 50.2 Å². The Hall–Kier alpha value is -1.03. The van der Waals surface area contributed by atoms with E-state index in [9.17, 15) is 4.79 Å². The average molecular weight is 183 g/mol. The fourth-order valence-electron chi connectivity index (χ4n) is 0.784. The van der Waals surface area contributed by atoms with Gasteiger partial charge in [-0.05, 0) is 18.4 Å². The first kappa shape index (κ1) is 9.06. The number of carboxylic acids is 1. The van der Waals surface area contributed by atoms with Gasteiger partial charge in [0.15, 0.2) is 0 Å². The molecule has 1 rings (SSSR count). The van der Waals surface area contributed by atoms with Gasteiger partial charge in [0.25, 0.3) is 0 Å². The average Bonchev–Trinajstić information content (AvgIpc) is 2.06. The minimum Gasteiger partial charge on any atom is -0.478 e. The summed E-state index contributed by atoms with van der Waals surface area (Å²) in [6, 6.07) is 3.31. The van der Waals surface area contributed by atoms with Crippen LogP contribution in [-0.4, -0.2) is 22.3 Å². The van der Waals surface area contributed by atoms with Gasteiger partial charge < -0.3 is 5.11 Å². The van der Waals surface area contributed by atoms with Crippen LogP contribution < -0.4 is 0 Å². The van der Waals surface area contributed by atoms with Crippen LogP contribution in [0.1, 0.15) is 16.1 Å². The van der Waals surface area contributed by atoms with Crippen LogP contribution in [0.3, 0.4) is 0 Å². The van der Waals surface area contributed by atoms with E-state index < -0.39 is 5.97 Å². The van der Waals surface area contributed by atoms with Crippen LogP contribution in [0.25, 0.3) is 0 Å². The van der Waals surface area contributed by atoms with Gasteiger partial charge in [-0.15, -0.1) is 0 Å². The molecule has 0 saturated carbocycles. The first-order valence-corrected chi connectivity index (χ1v) is 4.80. The zero-order valence-corrected chi connectivity index (χ0v) is 7.47. The normalized spacial score (nSPS) is 9.75. The third-order valence-corrected chi connectivity index (χ3v) is 1.95. The van der Waals surface area contributed by atoms with Crippen molar-refractivity contribution in [2.24, 2.45) is 0 Å². The van der Waals surface area contributed by atoms with Crippen molar-refractivity contribution >= 4 is 17.7 Å². The Morgan fingerprint density at radius 2 is 2.42 bits per heavy atom. The highest BCUT2D eigenvalue weighted by Gasteiger charge is 2.01. The van der Waals surface area contributed by atoms with Crippen LogP contribution in [0.5, 0.6) is 0 Å². The van der Waals surface area contributed by atoms with E-state index in [0.29, 0.717) is 0 Å². The Labute approximate surface area is 74.8 Å². The van der Waals surface area contributed by atoms with Crippen LogP contribution in [0.4, 0.5) is 0 Å². The molecule has 64 valence electrons. The third kappa shape index (κ3) is 2.23. The van der Waals surface area contributed by atoms with Crippen LogP contribution in [-0.2, 0) is 5.75 Å². The molecule has 1 aromatic rings. The summed E-state index contributed by atoms with van der Waals surface area (Å²) >= 11 is 1.66. The summed E-state index contributed by atoms with van der Waals surface area (Å²) in [5.74, 6) is -0.113. The highest BCUT2D eigenvalue weighted by Crippen LogP contribution is 2.06. The molecule has 0 aliphatic carbocycles. The quantitative estimate of drug-likeness (QED) is 0.774.